The third-order valence-electron chi connectivity index (χ3n) is 4.49. The van der Waals surface area contributed by atoms with Gasteiger partial charge in [-0.1, -0.05) is 32.0 Å². The number of carbonyl (C=O) groups is 1. The van der Waals surface area contributed by atoms with Gasteiger partial charge in [-0.15, -0.1) is 0 Å². The molecular weight excluding hydrogens is 310 g/mol. The van der Waals surface area contributed by atoms with Crippen LogP contribution in [0.2, 0.25) is 0 Å². The molecule has 0 N–H and O–H groups in total. The average molecular weight is 337 g/mol. The fourth-order valence-corrected chi connectivity index (χ4v) is 4.21. The maximum absolute atomic E-state index is 12.7. The molecule has 1 saturated heterocycles. The van der Waals surface area contributed by atoms with Gasteiger partial charge in [-0.25, -0.2) is 8.42 Å². The second kappa shape index (κ2) is 7.47. The summed E-state index contributed by atoms with van der Waals surface area (Å²) in [5.74, 6) is 0.686. The minimum atomic E-state index is -3.31. The van der Waals surface area contributed by atoms with E-state index in [1.807, 2.05) is 4.90 Å². The standard InChI is InChI=1S/C18H27NO3S/c1-14(2)10-11-16-8-6-12-19(16)18(20)13-15-7-4-5-9-17(15)23(3,21)22/h4-5,7,9,14,16H,6,8,10-13H2,1-3H3. The Hall–Kier alpha value is -1.36. The summed E-state index contributed by atoms with van der Waals surface area (Å²) in [6, 6.07) is 7.13. The first-order valence-electron chi connectivity index (χ1n) is 8.36. The monoisotopic (exact) mass is 337 g/mol. The molecule has 1 aliphatic heterocycles. The van der Waals surface area contributed by atoms with Crippen LogP contribution >= 0.6 is 0 Å². The highest BCUT2D eigenvalue weighted by molar-refractivity contribution is 7.90. The Kier molecular flexibility index (Phi) is 5.84. The molecule has 128 valence electrons. The van der Waals surface area contributed by atoms with Crippen molar-refractivity contribution in [3.8, 4) is 0 Å². The summed E-state index contributed by atoms with van der Waals surface area (Å²) < 4.78 is 23.7. The smallest absolute Gasteiger partial charge is 0.227 e. The lowest BCUT2D eigenvalue weighted by atomic mass is 10.0. The zero-order valence-corrected chi connectivity index (χ0v) is 15.1. The van der Waals surface area contributed by atoms with Crippen molar-refractivity contribution in [3.05, 3.63) is 29.8 Å². The second-order valence-electron chi connectivity index (χ2n) is 6.91. The fourth-order valence-electron chi connectivity index (χ4n) is 3.27. The van der Waals surface area contributed by atoms with Gasteiger partial charge in [0, 0.05) is 18.8 Å². The summed E-state index contributed by atoms with van der Waals surface area (Å²) in [5, 5.41) is 0. The highest BCUT2D eigenvalue weighted by Crippen LogP contribution is 2.25. The summed E-state index contributed by atoms with van der Waals surface area (Å²) in [6.45, 7) is 5.19. The summed E-state index contributed by atoms with van der Waals surface area (Å²) in [6.07, 6.45) is 5.62. The van der Waals surface area contributed by atoms with E-state index in [1.165, 1.54) is 6.26 Å². The van der Waals surface area contributed by atoms with Crippen LogP contribution in [0.3, 0.4) is 0 Å². The van der Waals surface area contributed by atoms with E-state index in [0.29, 0.717) is 17.5 Å². The van der Waals surface area contributed by atoms with E-state index in [-0.39, 0.29) is 17.2 Å². The highest BCUT2D eigenvalue weighted by atomic mass is 32.2. The van der Waals surface area contributed by atoms with Crippen molar-refractivity contribution in [2.75, 3.05) is 12.8 Å². The number of sulfone groups is 1. The molecule has 1 aromatic rings. The number of rotatable bonds is 6. The third-order valence-corrected chi connectivity index (χ3v) is 5.69. The molecule has 1 amide bonds. The van der Waals surface area contributed by atoms with Crippen molar-refractivity contribution in [3.63, 3.8) is 0 Å². The molecule has 4 nitrogen and oxygen atoms in total. The van der Waals surface area contributed by atoms with E-state index in [2.05, 4.69) is 13.8 Å². The number of carbonyl (C=O) groups excluding carboxylic acids is 1. The number of nitrogens with zero attached hydrogens (tertiary/aromatic N) is 1. The Morgan fingerprint density at radius 3 is 2.65 bits per heavy atom. The van der Waals surface area contributed by atoms with Gasteiger partial charge in [0.25, 0.3) is 0 Å². The van der Waals surface area contributed by atoms with Crippen LogP contribution in [0, 0.1) is 5.92 Å². The van der Waals surface area contributed by atoms with Crippen LogP contribution in [0.15, 0.2) is 29.2 Å². The lowest BCUT2D eigenvalue weighted by molar-refractivity contribution is -0.131. The zero-order valence-electron chi connectivity index (χ0n) is 14.3. The quantitative estimate of drug-likeness (QED) is 0.801. The van der Waals surface area contributed by atoms with Crippen molar-refractivity contribution in [1.82, 2.24) is 4.90 Å². The van der Waals surface area contributed by atoms with Crippen LogP contribution in [0.4, 0.5) is 0 Å². The van der Waals surface area contributed by atoms with Crippen LogP contribution in [-0.4, -0.2) is 38.1 Å². The normalized spacial score (nSPS) is 18.6. The molecule has 0 aromatic heterocycles. The molecule has 5 heteroatoms. The maximum Gasteiger partial charge on any atom is 0.227 e. The van der Waals surface area contributed by atoms with Gasteiger partial charge in [0.05, 0.1) is 11.3 Å². The molecule has 0 saturated carbocycles. The Balaban J connectivity index is 2.10. The fraction of sp³-hybridized carbons (Fsp3) is 0.611. The Labute approximate surface area is 139 Å². The molecule has 1 fully saturated rings. The van der Waals surface area contributed by atoms with E-state index < -0.39 is 9.84 Å². The zero-order chi connectivity index (χ0) is 17.0. The first-order valence-corrected chi connectivity index (χ1v) is 10.3. The van der Waals surface area contributed by atoms with Crippen molar-refractivity contribution in [1.29, 1.82) is 0 Å². The predicted octanol–water partition coefficient (Wildman–Crippen LogP) is 3.06. The number of hydrogen-bond donors (Lipinski definition) is 0. The molecule has 1 aromatic carbocycles. The first-order chi connectivity index (χ1) is 10.8. The topological polar surface area (TPSA) is 54.5 Å². The Morgan fingerprint density at radius 2 is 2.00 bits per heavy atom. The van der Waals surface area contributed by atoms with E-state index in [9.17, 15) is 13.2 Å². The number of amides is 1. The van der Waals surface area contributed by atoms with Gasteiger partial charge < -0.3 is 4.90 Å². The summed E-state index contributed by atoms with van der Waals surface area (Å²) >= 11 is 0. The van der Waals surface area contributed by atoms with Gasteiger partial charge in [-0.05, 0) is 43.2 Å². The van der Waals surface area contributed by atoms with Gasteiger partial charge in [0.15, 0.2) is 9.84 Å². The molecule has 0 spiro atoms. The molecule has 1 heterocycles. The molecule has 1 unspecified atom stereocenters. The lowest BCUT2D eigenvalue weighted by Crippen LogP contribution is -2.37. The van der Waals surface area contributed by atoms with Gasteiger partial charge in [-0.2, -0.15) is 0 Å². The van der Waals surface area contributed by atoms with Crippen molar-refractivity contribution >= 4 is 15.7 Å². The largest absolute Gasteiger partial charge is 0.339 e. The second-order valence-corrected chi connectivity index (χ2v) is 8.90. The molecule has 1 atom stereocenters. The van der Waals surface area contributed by atoms with Crippen molar-refractivity contribution < 1.29 is 13.2 Å². The number of hydrogen-bond acceptors (Lipinski definition) is 3. The lowest BCUT2D eigenvalue weighted by Gasteiger charge is -2.25. The summed E-state index contributed by atoms with van der Waals surface area (Å²) in [5.41, 5.74) is 0.606. The van der Waals surface area contributed by atoms with Gasteiger partial charge >= 0.3 is 0 Å². The van der Waals surface area contributed by atoms with E-state index >= 15 is 0 Å². The molecule has 0 bridgehead atoms. The van der Waals surface area contributed by atoms with E-state index in [4.69, 9.17) is 0 Å². The minimum Gasteiger partial charge on any atom is -0.339 e. The number of likely N-dealkylation sites (tertiary alicyclic amines) is 1. The van der Waals surface area contributed by atoms with Gasteiger partial charge in [-0.3, -0.25) is 4.79 Å². The average Bonchev–Trinajstić information content (AvgIpc) is 2.93. The summed E-state index contributed by atoms with van der Waals surface area (Å²) in [4.78, 5) is 14.9. The Morgan fingerprint density at radius 1 is 1.30 bits per heavy atom. The molecule has 23 heavy (non-hydrogen) atoms. The maximum atomic E-state index is 12.7. The molecule has 2 rings (SSSR count). The van der Waals surface area contributed by atoms with Crippen LogP contribution in [0.25, 0.3) is 0 Å². The van der Waals surface area contributed by atoms with Crippen LogP contribution in [0.1, 0.15) is 45.1 Å². The molecule has 1 aliphatic rings. The van der Waals surface area contributed by atoms with Gasteiger partial charge in [0.2, 0.25) is 5.91 Å². The van der Waals surface area contributed by atoms with E-state index in [1.54, 1.807) is 24.3 Å². The minimum absolute atomic E-state index is 0.0485. The van der Waals surface area contributed by atoms with Crippen molar-refractivity contribution in [2.45, 2.75) is 56.9 Å². The molecular formula is C18H27NO3S. The predicted molar refractivity (Wildman–Crippen MR) is 92.1 cm³/mol. The highest BCUT2D eigenvalue weighted by Gasteiger charge is 2.29. The van der Waals surface area contributed by atoms with Crippen LogP contribution in [-0.2, 0) is 21.1 Å². The summed E-state index contributed by atoms with van der Waals surface area (Å²) in [7, 11) is -3.31. The molecule has 0 radical (unpaired) electrons. The van der Waals surface area contributed by atoms with Crippen LogP contribution < -0.4 is 0 Å². The van der Waals surface area contributed by atoms with Gasteiger partial charge in [0.1, 0.15) is 0 Å². The first kappa shape index (κ1) is 18.0. The SMILES string of the molecule is CC(C)CCC1CCCN1C(=O)Cc1ccccc1S(C)(=O)=O. The van der Waals surface area contributed by atoms with Crippen molar-refractivity contribution in [2.24, 2.45) is 5.92 Å². The third kappa shape index (κ3) is 4.80. The van der Waals surface area contributed by atoms with E-state index in [0.717, 1.165) is 32.2 Å². The number of benzene rings is 1. The van der Waals surface area contributed by atoms with Crippen LogP contribution in [0.5, 0.6) is 0 Å². The molecule has 0 aliphatic carbocycles. The Bertz CT molecular complexity index is 652.